The van der Waals surface area contributed by atoms with E-state index >= 15 is 0 Å². The van der Waals surface area contributed by atoms with Gasteiger partial charge in [0.1, 0.15) is 5.52 Å². The number of aromatic nitrogens is 4. The Morgan fingerprint density at radius 2 is 2.42 bits per heavy atom. The van der Waals surface area contributed by atoms with Crippen molar-refractivity contribution in [3.63, 3.8) is 0 Å². The molecule has 5 nitrogen and oxygen atoms in total. The maximum atomic E-state index is 11.0. The van der Waals surface area contributed by atoms with Gasteiger partial charge in [0.15, 0.2) is 0 Å². The van der Waals surface area contributed by atoms with Crippen molar-refractivity contribution in [2.75, 3.05) is 0 Å². The molecule has 0 aliphatic rings. The second-order valence-electron chi connectivity index (χ2n) is 2.37. The molecular weight excluding hydrogens is 156 g/mol. The molecule has 0 bridgehead atoms. The van der Waals surface area contributed by atoms with E-state index in [0.717, 1.165) is 0 Å². The molecule has 0 fully saturated rings. The summed E-state index contributed by atoms with van der Waals surface area (Å²) in [5.41, 5.74) is 1.14. The van der Waals surface area contributed by atoms with Crippen LogP contribution in [0, 0.1) is 0 Å². The third-order valence-electron chi connectivity index (χ3n) is 1.52. The van der Waals surface area contributed by atoms with Crippen molar-refractivity contribution in [1.82, 2.24) is 20.0 Å². The summed E-state index contributed by atoms with van der Waals surface area (Å²) in [7, 11) is 0. The highest BCUT2D eigenvalue weighted by atomic mass is 16.2. The van der Waals surface area contributed by atoms with Crippen molar-refractivity contribution < 1.29 is 4.79 Å². The Labute approximate surface area is 68.0 Å². The van der Waals surface area contributed by atoms with E-state index in [-0.39, 0.29) is 5.91 Å². The summed E-state index contributed by atoms with van der Waals surface area (Å²) in [4.78, 5) is 14.9. The van der Waals surface area contributed by atoms with Gasteiger partial charge in [0.2, 0.25) is 11.6 Å². The van der Waals surface area contributed by atoms with Crippen LogP contribution in [-0.4, -0.2) is 25.9 Å². The molecule has 0 aliphatic heterocycles. The smallest absolute Gasteiger partial charge is 0.245 e. The van der Waals surface area contributed by atoms with Gasteiger partial charge in [-0.1, -0.05) is 5.21 Å². The summed E-state index contributed by atoms with van der Waals surface area (Å²) in [5, 5.41) is 7.37. The summed E-state index contributed by atoms with van der Waals surface area (Å²) in [6.45, 7) is 1.43. The molecule has 2 aromatic heterocycles. The summed E-state index contributed by atoms with van der Waals surface area (Å²) in [6.07, 6.45) is 1.61. The molecule has 0 radical (unpaired) electrons. The van der Waals surface area contributed by atoms with E-state index in [0.29, 0.717) is 11.2 Å². The Bertz CT molecular complexity index is 434. The molecule has 2 rings (SSSR count). The maximum Gasteiger partial charge on any atom is 0.245 e. The van der Waals surface area contributed by atoms with Crippen LogP contribution in [0.4, 0.5) is 0 Å². The fourth-order valence-corrected chi connectivity index (χ4v) is 0.999. The van der Waals surface area contributed by atoms with Gasteiger partial charge in [0, 0.05) is 13.1 Å². The van der Waals surface area contributed by atoms with Gasteiger partial charge in [-0.05, 0) is 12.1 Å². The van der Waals surface area contributed by atoms with E-state index in [1.165, 1.54) is 11.6 Å². The average Bonchev–Trinajstić information content (AvgIpc) is 2.47. The lowest BCUT2D eigenvalue weighted by Crippen LogP contribution is -2.06. The number of carbonyl (C=O) groups is 1. The fraction of sp³-hybridized carbons (Fsp3) is 0.143. The molecule has 0 atom stereocenters. The van der Waals surface area contributed by atoms with Crippen molar-refractivity contribution in [2.24, 2.45) is 0 Å². The lowest BCUT2D eigenvalue weighted by atomic mass is 10.4. The molecule has 2 aromatic rings. The van der Waals surface area contributed by atoms with Crippen molar-refractivity contribution in [1.29, 1.82) is 0 Å². The van der Waals surface area contributed by atoms with Crippen LogP contribution in [0.15, 0.2) is 18.3 Å². The van der Waals surface area contributed by atoms with Crippen molar-refractivity contribution in [3.8, 4) is 0 Å². The molecule has 2 heterocycles. The zero-order valence-corrected chi connectivity index (χ0v) is 6.43. The second kappa shape index (κ2) is 2.37. The van der Waals surface area contributed by atoms with Crippen LogP contribution < -0.4 is 0 Å². The van der Waals surface area contributed by atoms with Crippen molar-refractivity contribution >= 4 is 17.1 Å². The highest BCUT2D eigenvalue weighted by molar-refractivity contribution is 5.85. The van der Waals surface area contributed by atoms with Crippen LogP contribution in [0.25, 0.3) is 11.2 Å². The van der Waals surface area contributed by atoms with Crippen LogP contribution in [0.3, 0.4) is 0 Å². The summed E-state index contributed by atoms with van der Waals surface area (Å²) in [6, 6.07) is 3.49. The second-order valence-corrected chi connectivity index (χ2v) is 2.37. The SMILES string of the molecule is CC(=O)n1nnc2ncccc21. The number of rotatable bonds is 0. The van der Waals surface area contributed by atoms with Crippen molar-refractivity contribution in [2.45, 2.75) is 6.92 Å². The number of nitrogens with zero attached hydrogens (tertiary/aromatic N) is 4. The van der Waals surface area contributed by atoms with Gasteiger partial charge < -0.3 is 0 Å². The topological polar surface area (TPSA) is 60.7 Å². The lowest BCUT2D eigenvalue weighted by molar-refractivity contribution is 0.0924. The Morgan fingerprint density at radius 1 is 1.58 bits per heavy atom. The predicted octanol–water partition coefficient (Wildman–Crippen LogP) is 0.486. The van der Waals surface area contributed by atoms with Gasteiger partial charge in [-0.3, -0.25) is 4.79 Å². The van der Waals surface area contributed by atoms with Crippen LogP contribution in [0.1, 0.15) is 11.7 Å². The van der Waals surface area contributed by atoms with Crippen molar-refractivity contribution in [3.05, 3.63) is 18.3 Å². The number of carbonyl (C=O) groups excluding carboxylic acids is 1. The number of hydrogen-bond donors (Lipinski definition) is 0. The molecule has 0 aromatic carbocycles. The molecule has 0 aliphatic carbocycles. The Balaban J connectivity index is 2.79. The normalized spacial score (nSPS) is 10.4. The monoisotopic (exact) mass is 162 g/mol. The lowest BCUT2D eigenvalue weighted by Gasteiger charge is -1.91. The van der Waals surface area contributed by atoms with Gasteiger partial charge in [0.25, 0.3) is 0 Å². The first-order valence-corrected chi connectivity index (χ1v) is 3.46. The van der Waals surface area contributed by atoms with E-state index in [1.807, 2.05) is 0 Å². The highest BCUT2D eigenvalue weighted by Gasteiger charge is 2.06. The van der Waals surface area contributed by atoms with Gasteiger partial charge >= 0.3 is 0 Å². The maximum absolute atomic E-state index is 11.0. The molecule has 0 unspecified atom stereocenters. The first-order chi connectivity index (χ1) is 5.79. The third kappa shape index (κ3) is 0.868. The Hall–Kier alpha value is -1.78. The van der Waals surface area contributed by atoms with E-state index in [1.54, 1.807) is 18.3 Å². The quantitative estimate of drug-likeness (QED) is 0.565. The van der Waals surface area contributed by atoms with E-state index in [9.17, 15) is 4.79 Å². The van der Waals surface area contributed by atoms with Gasteiger partial charge in [-0.25, -0.2) is 4.98 Å². The van der Waals surface area contributed by atoms with Crippen LogP contribution in [-0.2, 0) is 0 Å². The van der Waals surface area contributed by atoms with E-state index < -0.39 is 0 Å². The molecule has 60 valence electrons. The first kappa shape index (κ1) is 6.90. The summed E-state index contributed by atoms with van der Waals surface area (Å²) < 4.78 is 1.22. The van der Waals surface area contributed by atoms with Gasteiger partial charge in [-0.15, -0.1) is 5.10 Å². The standard InChI is InChI=1S/C7H6N4O/c1-5(12)11-6-3-2-4-8-7(6)9-10-11/h2-4H,1H3. The van der Waals surface area contributed by atoms with E-state index in [4.69, 9.17) is 0 Å². The van der Waals surface area contributed by atoms with Gasteiger partial charge in [-0.2, -0.15) is 4.68 Å². The minimum Gasteiger partial charge on any atom is -0.273 e. The zero-order chi connectivity index (χ0) is 8.55. The Morgan fingerprint density at radius 3 is 3.17 bits per heavy atom. The molecule has 5 heteroatoms. The third-order valence-corrected chi connectivity index (χ3v) is 1.52. The molecule has 12 heavy (non-hydrogen) atoms. The zero-order valence-electron chi connectivity index (χ0n) is 6.43. The largest absolute Gasteiger partial charge is 0.273 e. The Kier molecular flexibility index (Phi) is 1.36. The molecule has 0 saturated heterocycles. The minimum atomic E-state index is -0.162. The van der Waals surface area contributed by atoms with Crippen LogP contribution in [0.2, 0.25) is 0 Å². The minimum absolute atomic E-state index is 0.162. The number of pyridine rings is 1. The highest BCUT2D eigenvalue weighted by Crippen LogP contribution is 2.05. The van der Waals surface area contributed by atoms with Gasteiger partial charge in [0.05, 0.1) is 0 Å². The molecule has 0 saturated carbocycles. The van der Waals surface area contributed by atoms with E-state index in [2.05, 4.69) is 15.3 Å². The molecular formula is C7H6N4O. The summed E-state index contributed by atoms with van der Waals surface area (Å²) in [5.74, 6) is -0.162. The fourth-order valence-electron chi connectivity index (χ4n) is 0.999. The van der Waals surface area contributed by atoms with Crippen LogP contribution >= 0.6 is 0 Å². The molecule has 0 amide bonds. The average molecular weight is 162 g/mol. The molecule has 0 spiro atoms. The number of fused-ring (bicyclic) bond motifs is 1. The predicted molar refractivity (Wildman–Crippen MR) is 41.6 cm³/mol. The number of hydrogen-bond acceptors (Lipinski definition) is 4. The molecule has 0 N–H and O–H groups in total. The van der Waals surface area contributed by atoms with Crippen LogP contribution in [0.5, 0.6) is 0 Å². The first-order valence-electron chi connectivity index (χ1n) is 3.46. The summed E-state index contributed by atoms with van der Waals surface area (Å²) >= 11 is 0.